The molecule has 0 saturated heterocycles. The minimum atomic E-state index is -3.51. The Morgan fingerprint density at radius 2 is 1.95 bits per heavy atom. The van der Waals surface area contributed by atoms with Crippen LogP contribution in [-0.4, -0.2) is 92.2 Å². The van der Waals surface area contributed by atoms with Gasteiger partial charge in [0, 0.05) is 25.3 Å². The van der Waals surface area contributed by atoms with Crippen molar-refractivity contribution in [2.75, 3.05) is 38.0 Å². The molecule has 0 aliphatic carbocycles. The first-order valence-electron chi connectivity index (χ1n) is 10.8. The van der Waals surface area contributed by atoms with Crippen LogP contribution in [0.3, 0.4) is 0 Å². The molecule has 17 nitrogen and oxygen atoms in total. The van der Waals surface area contributed by atoms with E-state index in [4.69, 9.17) is 24.8 Å². The Bertz CT molecular complexity index is 1290. The summed E-state index contributed by atoms with van der Waals surface area (Å²) in [6.45, 7) is 0.521. The number of nitrogens with one attached hydrogen (secondary N) is 4. The van der Waals surface area contributed by atoms with Gasteiger partial charge in [0.25, 0.3) is 5.91 Å². The summed E-state index contributed by atoms with van der Waals surface area (Å²) in [5.74, 6) is -1.20. The van der Waals surface area contributed by atoms with Crippen LogP contribution in [0.2, 0.25) is 0 Å². The van der Waals surface area contributed by atoms with Crippen LogP contribution in [0, 0.1) is 0 Å². The van der Waals surface area contributed by atoms with Gasteiger partial charge >= 0.3 is 6.10 Å². The van der Waals surface area contributed by atoms with Crippen molar-refractivity contribution in [3.05, 3.63) is 36.2 Å². The second kappa shape index (κ2) is 12.5. The van der Waals surface area contributed by atoms with Crippen LogP contribution in [0.15, 0.2) is 30.5 Å². The molecule has 3 aromatic rings. The number of para-hydroxylation sites is 1. The number of rotatable bonds is 13. The third-order valence-electron chi connectivity index (χ3n) is 4.71. The van der Waals surface area contributed by atoms with Gasteiger partial charge in [-0.15, -0.1) is 10.2 Å². The average molecular weight is 531 g/mol. The van der Waals surface area contributed by atoms with Crippen LogP contribution >= 0.6 is 0 Å². The summed E-state index contributed by atoms with van der Waals surface area (Å²) in [4.78, 5) is 36.2. The maximum Gasteiger partial charge on any atom is 0.369 e. The predicted octanol–water partition coefficient (Wildman–Crippen LogP) is -1.86. The molecule has 0 unspecified atom stereocenters. The zero-order valence-electron chi connectivity index (χ0n) is 20.2. The molecule has 0 spiro atoms. The average Bonchev–Trinajstić information content (AvgIpc) is 3.32. The van der Waals surface area contributed by atoms with E-state index in [1.54, 1.807) is 18.2 Å². The second-order valence-corrected chi connectivity index (χ2v) is 7.46. The molecule has 0 fully saturated rings. The Morgan fingerprint density at radius 1 is 1.16 bits per heavy atom. The van der Waals surface area contributed by atoms with E-state index in [1.807, 2.05) is 0 Å². The molecule has 0 atom stereocenters. The van der Waals surface area contributed by atoms with Crippen LogP contribution in [-0.2, 0) is 20.9 Å². The number of ether oxygens (including phenoxy) is 2. The summed E-state index contributed by atoms with van der Waals surface area (Å²) in [6.07, 6.45) is -1.66. The number of carbonyl (C=O) groups is 3. The Morgan fingerprint density at radius 3 is 2.63 bits per heavy atom. The number of amides is 3. The van der Waals surface area contributed by atoms with Crippen LogP contribution < -0.4 is 26.0 Å². The fourth-order valence-electron chi connectivity index (χ4n) is 3.21. The highest BCUT2D eigenvalue weighted by atomic mass is 16.7. The Hall–Kier alpha value is -4.71. The number of hydrogen-bond donors (Lipinski definition) is 7. The van der Waals surface area contributed by atoms with E-state index in [2.05, 4.69) is 36.3 Å². The van der Waals surface area contributed by atoms with Crippen molar-refractivity contribution in [1.29, 1.82) is 0 Å². The molecular formula is C21H25N9O8. The topological polar surface area (TPSA) is 235 Å². The number of anilines is 3. The van der Waals surface area contributed by atoms with Gasteiger partial charge < -0.3 is 40.7 Å². The molecule has 38 heavy (non-hydrogen) atoms. The quantitative estimate of drug-likeness (QED) is 0.0947. The van der Waals surface area contributed by atoms with E-state index in [-0.39, 0.29) is 30.6 Å². The van der Waals surface area contributed by atoms with Gasteiger partial charge in [0.1, 0.15) is 12.3 Å². The summed E-state index contributed by atoms with van der Waals surface area (Å²) in [6, 6.07) is 6.25. The SMILES string of the molecule is COCC(=O)NCCn1ncc(-c2cccc(Nc3cc(NC=O)nnc3C(=O)NC(O)(O)O)c2OC)n1. The number of aromatic nitrogens is 5. The van der Waals surface area contributed by atoms with Gasteiger partial charge in [0.15, 0.2) is 17.3 Å². The van der Waals surface area contributed by atoms with E-state index >= 15 is 0 Å². The summed E-state index contributed by atoms with van der Waals surface area (Å²) in [7, 11) is 2.83. The first-order chi connectivity index (χ1) is 18.1. The summed E-state index contributed by atoms with van der Waals surface area (Å²) < 4.78 is 10.3. The minimum absolute atomic E-state index is 0.0297. The lowest BCUT2D eigenvalue weighted by Gasteiger charge is -2.18. The monoisotopic (exact) mass is 531 g/mol. The lowest BCUT2D eigenvalue weighted by Crippen LogP contribution is -2.48. The molecule has 2 heterocycles. The molecule has 0 saturated carbocycles. The number of benzene rings is 1. The molecule has 0 aliphatic rings. The van der Waals surface area contributed by atoms with Gasteiger partial charge in [-0.3, -0.25) is 19.7 Å². The standard InChI is InChI=1S/C21H25N9O8/c1-37-10-17(32)22-6-7-30-24-9-15(29-30)12-4-3-5-13(19(12)38-2)25-14-8-16(23-11-31)27-28-18(14)20(33)26-21(34,35)36/h3-5,8-9,11,34-36H,6-7,10H2,1-2H3,(H,22,32)(H,26,33)(H2,23,25,27,31). The zero-order chi connectivity index (χ0) is 27.7. The third kappa shape index (κ3) is 7.40. The van der Waals surface area contributed by atoms with E-state index in [1.165, 1.54) is 36.6 Å². The molecule has 0 aliphatic heterocycles. The van der Waals surface area contributed by atoms with Crippen LogP contribution in [0.1, 0.15) is 10.5 Å². The fraction of sp³-hybridized carbons (Fsp3) is 0.286. The largest absolute Gasteiger partial charge is 0.494 e. The van der Waals surface area contributed by atoms with Crippen molar-refractivity contribution < 1.29 is 39.2 Å². The van der Waals surface area contributed by atoms with Crippen molar-refractivity contribution in [2.24, 2.45) is 0 Å². The Labute approximate surface area is 214 Å². The smallest absolute Gasteiger partial charge is 0.369 e. The maximum atomic E-state index is 12.4. The van der Waals surface area contributed by atoms with Crippen LogP contribution in [0.25, 0.3) is 11.3 Å². The van der Waals surface area contributed by atoms with E-state index in [0.717, 1.165) is 0 Å². The van der Waals surface area contributed by atoms with Crippen molar-refractivity contribution in [3.8, 4) is 17.0 Å². The number of aliphatic hydroxyl groups is 3. The highest BCUT2D eigenvalue weighted by Gasteiger charge is 2.26. The Kier molecular flexibility index (Phi) is 9.17. The zero-order valence-corrected chi connectivity index (χ0v) is 20.2. The van der Waals surface area contributed by atoms with E-state index in [0.29, 0.717) is 35.6 Å². The summed E-state index contributed by atoms with van der Waals surface area (Å²) in [5.41, 5.74) is 0.808. The maximum absolute atomic E-state index is 12.4. The molecule has 0 radical (unpaired) electrons. The summed E-state index contributed by atoms with van der Waals surface area (Å²) in [5, 5.41) is 52.7. The molecule has 3 rings (SSSR count). The van der Waals surface area contributed by atoms with Crippen molar-refractivity contribution in [3.63, 3.8) is 0 Å². The minimum Gasteiger partial charge on any atom is -0.494 e. The molecule has 3 amide bonds. The third-order valence-corrected chi connectivity index (χ3v) is 4.71. The molecule has 202 valence electrons. The normalized spacial score (nSPS) is 11.0. The van der Waals surface area contributed by atoms with Crippen molar-refractivity contribution in [1.82, 2.24) is 35.8 Å². The van der Waals surface area contributed by atoms with Crippen LogP contribution in [0.5, 0.6) is 5.75 Å². The summed E-state index contributed by atoms with van der Waals surface area (Å²) >= 11 is 0. The molecule has 17 heteroatoms. The number of carbonyl (C=O) groups excluding carboxylic acids is 3. The van der Waals surface area contributed by atoms with Gasteiger partial charge in [-0.2, -0.15) is 15.0 Å². The lowest BCUT2D eigenvalue weighted by atomic mass is 10.1. The molecule has 1 aromatic carbocycles. The van der Waals surface area contributed by atoms with Gasteiger partial charge in [-0.05, 0) is 12.1 Å². The highest BCUT2D eigenvalue weighted by molar-refractivity contribution is 5.99. The first kappa shape index (κ1) is 27.9. The first-order valence-corrected chi connectivity index (χ1v) is 10.8. The van der Waals surface area contributed by atoms with E-state index in [9.17, 15) is 14.4 Å². The Balaban J connectivity index is 1.89. The molecule has 2 aromatic heterocycles. The van der Waals surface area contributed by atoms with E-state index < -0.39 is 17.7 Å². The van der Waals surface area contributed by atoms with Crippen LogP contribution in [0.4, 0.5) is 17.2 Å². The lowest BCUT2D eigenvalue weighted by molar-refractivity contribution is -0.323. The number of hydrogen-bond acceptors (Lipinski definition) is 13. The highest BCUT2D eigenvalue weighted by Crippen LogP contribution is 2.37. The predicted molar refractivity (Wildman–Crippen MR) is 129 cm³/mol. The molecular weight excluding hydrogens is 506 g/mol. The van der Waals surface area contributed by atoms with Gasteiger partial charge in [0.2, 0.25) is 12.3 Å². The molecule has 0 bridgehead atoms. The van der Waals surface area contributed by atoms with Gasteiger partial charge in [-0.1, -0.05) is 6.07 Å². The van der Waals surface area contributed by atoms with Crippen molar-refractivity contribution in [2.45, 2.75) is 12.6 Å². The number of methoxy groups -OCH3 is 2. The number of nitrogens with zero attached hydrogens (tertiary/aromatic N) is 5. The second-order valence-electron chi connectivity index (χ2n) is 7.46. The van der Waals surface area contributed by atoms with Gasteiger partial charge in [-0.25, -0.2) is 0 Å². The fourth-order valence-corrected chi connectivity index (χ4v) is 3.21. The van der Waals surface area contributed by atoms with Gasteiger partial charge in [0.05, 0.1) is 31.2 Å². The molecule has 7 N–H and O–H groups in total. The van der Waals surface area contributed by atoms with Crippen molar-refractivity contribution >= 4 is 35.4 Å².